The van der Waals surface area contributed by atoms with Crippen molar-refractivity contribution in [3.63, 3.8) is 0 Å². The van der Waals surface area contributed by atoms with Crippen LogP contribution in [0.5, 0.6) is 0 Å². The zero-order chi connectivity index (χ0) is 10.7. The van der Waals surface area contributed by atoms with Crippen molar-refractivity contribution in [3.8, 4) is 0 Å². The smallest absolute Gasteiger partial charge is 0.237 e. The molecule has 82 valence electrons. The number of halogens is 1. The molecule has 2 heterocycles. The zero-order valence-corrected chi connectivity index (χ0v) is 10.7. The number of hydrogen-bond donors (Lipinski definition) is 2. The number of thiophene rings is 1. The van der Waals surface area contributed by atoms with Crippen molar-refractivity contribution < 1.29 is 4.79 Å². The van der Waals surface area contributed by atoms with Crippen LogP contribution in [-0.4, -0.2) is 18.5 Å². The Morgan fingerprint density at radius 1 is 1.67 bits per heavy atom. The minimum atomic E-state index is -0.0142. The monoisotopic (exact) mass is 288 g/mol. The molecule has 1 aromatic heterocycles. The summed E-state index contributed by atoms with van der Waals surface area (Å²) in [6.45, 7) is 1.59. The Bertz CT molecular complexity index is 353. The Kier molecular flexibility index (Phi) is 3.77. The summed E-state index contributed by atoms with van der Waals surface area (Å²) in [5.41, 5.74) is 0. The van der Waals surface area contributed by atoms with Crippen molar-refractivity contribution in [1.29, 1.82) is 0 Å². The zero-order valence-electron chi connectivity index (χ0n) is 8.25. The van der Waals surface area contributed by atoms with E-state index in [9.17, 15) is 4.79 Å². The van der Waals surface area contributed by atoms with Crippen molar-refractivity contribution in [2.24, 2.45) is 0 Å². The van der Waals surface area contributed by atoms with Crippen LogP contribution in [0.15, 0.2) is 15.9 Å². The van der Waals surface area contributed by atoms with Crippen molar-refractivity contribution >= 4 is 33.2 Å². The Morgan fingerprint density at radius 2 is 2.53 bits per heavy atom. The molecule has 1 saturated heterocycles. The highest BCUT2D eigenvalue weighted by atomic mass is 79.9. The van der Waals surface area contributed by atoms with Crippen LogP contribution in [0.2, 0.25) is 0 Å². The second-order valence-corrected chi connectivity index (χ2v) is 5.51. The van der Waals surface area contributed by atoms with Crippen LogP contribution >= 0.6 is 27.3 Å². The van der Waals surface area contributed by atoms with E-state index >= 15 is 0 Å². The summed E-state index contributed by atoms with van der Waals surface area (Å²) in [6.07, 6.45) is 2.01. The molecule has 5 heteroatoms. The standard InChI is InChI=1S/C10H13BrN2OS/c11-7-4-8(15-6-7)5-13-9-2-1-3-12-10(9)14/h4,6,9,13H,1-3,5H2,(H,12,14). The van der Waals surface area contributed by atoms with E-state index in [1.165, 1.54) is 4.88 Å². The highest BCUT2D eigenvalue weighted by Crippen LogP contribution is 2.19. The first-order chi connectivity index (χ1) is 7.25. The topological polar surface area (TPSA) is 41.1 Å². The lowest BCUT2D eigenvalue weighted by Gasteiger charge is -2.22. The molecule has 2 rings (SSSR count). The van der Waals surface area contributed by atoms with Crippen LogP contribution in [0.3, 0.4) is 0 Å². The molecule has 0 bridgehead atoms. The number of carbonyl (C=O) groups excluding carboxylic acids is 1. The SMILES string of the molecule is O=C1NCCCC1NCc1cc(Br)cs1. The van der Waals surface area contributed by atoms with E-state index in [1.807, 2.05) is 0 Å². The van der Waals surface area contributed by atoms with Crippen LogP contribution in [-0.2, 0) is 11.3 Å². The molecular weight excluding hydrogens is 276 g/mol. The molecule has 15 heavy (non-hydrogen) atoms. The molecule has 1 aliphatic heterocycles. The third-order valence-corrected chi connectivity index (χ3v) is 4.13. The maximum absolute atomic E-state index is 11.4. The molecule has 0 aromatic carbocycles. The fourth-order valence-corrected chi connectivity index (χ4v) is 3.04. The first kappa shape index (κ1) is 11.1. The van der Waals surface area contributed by atoms with Crippen LogP contribution in [0.25, 0.3) is 0 Å². The van der Waals surface area contributed by atoms with Gasteiger partial charge >= 0.3 is 0 Å². The van der Waals surface area contributed by atoms with E-state index in [2.05, 4.69) is 38.0 Å². The minimum Gasteiger partial charge on any atom is -0.355 e. The molecule has 1 amide bonds. The molecule has 0 spiro atoms. The largest absolute Gasteiger partial charge is 0.355 e. The van der Waals surface area contributed by atoms with Gasteiger partial charge in [-0.25, -0.2) is 0 Å². The first-order valence-electron chi connectivity index (χ1n) is 5.00. The van der Waals surface area contributed by atoms with Gasteiger partial charge in [-0.3, -0.25) is 4.79 Å². The van der Waals surface area contributed by atoms with Gasteiger partial charge in [0.2, 0.25) is 5.91 Å². The summed E-state index contributed by atoms with van der Waals surface area (Å²) < 4.78 is 1.11. The minimum absolute atomic E-state index is 0.0142. The van der Waals surface area contributed by atoms with E-state index in [0.717, 1.165) is 30.4 Å². The summed E-state index contributed by atoms with van der Waals surface area (Å²) in [5.74, 6) is 0.136. The second kappa shape index (κ2) is 5.09. The van der Waals surface area contributed by atoms with E-state index < -0.39 is 0 Å². The number of hydrogen-bond acceptors (Lipinski definition) is 3. The maximum Gasteiger partial charge on any atom is 0.237 e. The maximum atomic E-state index is 11.4. The molecule has 1 aliphatic rings. The highest BCUT2D eigenvalue weighted by molar-refractivity contribution is 9.10. The molecule has 1 unspecified atom stereocenters. The van der Waals surface area contributed by atoms with Gasteiger partial charge in [0.15, 0.2) is 0 Å². The van der Waals surface area contributed by atoms with E-state index in [4.69, 9.17) is 0 Å². The molecular formula is C10H13BrN2OS. The summed E-state index contributed by atoms with van der Waals surface area (Å²) in [4.78, 5) is 12.7. The summed E-state index contributed by atoms with van der Waals surface area (Å²) >= 11 is 5.11. The molecule has 1 fully saturated rings. The third-order valence-electron chi connectivity index (χ3n) is 2.43. The molecule has 2 N–H and O–H groups in total. The van der Waals surface area contributed by atoms with Crippen LogP contribution in [0, 0.1) is 0 Å². The Hall–Kier alpha value is -0.390. The Labute approximate surface area is 101 Å². The van der Waals surface area contributed by atoms with E-state index in [0.29, 0.717) is 0 Å². The average Bonchev–Trinajstić information content (AvgIpc) is 2.63. The molecule has 3 nitrogen and oxygen atoms in total. The summed E-state index contributed by atoms with van der Waals surface area (Å²) in [5, 5.41) is 8.20. The third kappa shape index (κ3) is 3.03. The second-order valence-electron chi connectivity index (χ2n) is 3.60. The normalized spacial score (nSPS) is 21.4. The van der Waals surface area contributed by atoms with E-state index in [1.54, 1.807) is 11.3 Å². The molecule has 0 saturated carbocycles. The van der Waals surface area contributed by atoms with Crippen LogP contribution in [0.1, 0.15) is 17.7 Å². The molecule has 0 radical (unpaired) electrons. The Morgan fingerprint density at radius 3 is 3.20 bits per heavy atom. The van der Waals surface area contributed by atoms with Gasteiger partial charge in [-0.1, -0.05) is 0 Å². The molecule has 1 atom stereocenters. The average molecular weight is 289 g/mol. The van der Waals surface area contributed by atoms with Crippen molar-refractivity contribution in [2.45, 2.75) is 25.4 Å². The van der Waals surface area contributed by atoms with Crippen LogP contribution < -0.4 is 10.6 Å². The highest BCUT2D eigenvalue weighted by Gasteiger charge is 2.20. The fourth-order valence-electron chi connectivity index (χ4n) is 1.64. The number of nitrogens with one attached hydrogen (secondary N) is 2. The summed E-state index contributed by atoms with van der Waals surface area (Å²) in [6, 6.07) is 2.07. The fraction of sp³-hybridized carbons (Fsp3) is 0.500. The van der Waals surface area contributed by atoms with Crippen molar-refractivity contribution in [1.82, 2.24) is 10.6 Å². The van der Waals surface area contributed by atoms with Crippen molar-refractivity contribution in [2.75, 3.05) is 6.54 Å². The van der Waals surface area contributed by atoms with Gasteiger partial charge in [-0.15, -0.1) is 11.3 Å². The van der Waals surface area contributed by atoms with Crippen LogP contribution in [0.4, 0.5) is 0 Å². The van der Waals surface area contributed by atoms with Gasteiger partial charge < -0.3 is 10.6 Å². The van der Waals surface area contributed by atoms with Gasteiger partial charge in [-0.05, 0) is 34.8 Å². The van der Waals surface area contributed by atoms with Gasteiger partial charge in [0, 0.05) is 27.8 Å². The lowest BCUT2D eigenvalue weighted by Crippen LogP contribution is -2.47. The molecule has 0 aliphatic carbocycles. The lowest BCUT2D eigenvalue weighted by molar-refractivity contribution is -0.124. The van der Waals surface area contributed by atoms with E-state index in [-0.39, 0.29) is 11.9 Å². The number of rotatable bonds is 3. The lowest BCUT2D eigenvalue weighted by atomic mass is 10.1. The first-order valence-corrected chi connectivity index (χ1v) is 6.67. The predicted molar refractivity (Wildman–Crippen MR) is 64.9 cm³/mol. The number of amides is 1. The Balaban J connectivity index is 1.84. The summed E-state index contributed by atoms with van der Waals surface area (Å²) in [7, 11) is 0. The quantitative estimate of drug-likeness (QED) is 0.892. The van der Waals surface area contributed by atoms with Gasteiger partial charge in [0.25, 0.3) is 0 Å². The molecule has 1 aromatic rings. The van der Waals surface area contributed by atoms with Gasteiger partial charge in [-0.2, -0.15) is 0 Å². The van der Waals surface area contributed by atoms with Gasteiger partial charge in [0.05, 0.1) is 6.04 Å². The predicted octanol–water partition coefficient (Wildman–Crippen LogP) is 1.88. The number of piperidine rings is 1. The number of carbonyl (C=O) groups is 1. The van der Waals surface area contributed by atoms with Gasteiger partial charge in [0.1, 0.15) is 0 Å². The van der Waals surface area contributed by atoms with Crippen molar-refractivity contribution in [3.05, 3.63) is 20.8 Å².